The van der Waals surface area contributed by atoms with Gasteiger partial charge in [0.2, 0.25) is 0 Å². The summed E-state index contributed by atoms with van der Waals surface area (Å²) in [6, 6.07) is 13.5. The Kier molecular flexibility index (Phi) is 4.74. The zero-order valence-corrected chi connectivity index (χ0v) is 19.7. The topological polar surface area (TPSA) is 64.1 Å². The lowest BCUT2D eigenvalue weighted by Gasteiger charge is -2.37. The number of rotatable bonds is 4. The molecule has 2 aliphatic heterocycles. The molecule has 7 heteroatoms. The molecule has 0 N–H and O–H groups in total. The fourth-order valence-electron chi connectivity index (χ4n) is 4.53. The summed E-state index contributed by atoms with van der Waals surface area (Å²) < 4.78 is 18.8. The Hall–Kier alpha value is -3.74. The van der Waals surface area contributed by atoms with E-state index in [0.717, 1.165) is 16.9 Å². The lowest BCUT2D eigenvalue weighted by molar-refractivity contribution is 0.0220. The Bertz CT molecular complexity index is 1270. The van der Waals surface area contributed by atoms with Gasteiger partial charge in [0.05, 0.1) is 17.4 Å². The van der Waals surface area contributed by atoms with Gasteiger partial charge < -0.3 is 24.0 Å². The van der Waals surface area contributed by atoms with Crippen LogP contribution in [0.2, 0.25) is 0 Å². The standard InChI is InChI=1S/C26H27N3O4/c1-15(2)31-23-13-19-22(14-20(23)29(5)6)32-21-12-16(28(3)4)9-10-17(21)26(19)18-8-7-11-27-24(18)25(30)33-26/h7-15H,1-6H3. The Morgan fingerprint density at radius 1 is 0.939 bits per heavy atom. The van der Waals surface area contributed by atoms with E-state index in [0.29, 0.717) is 34.1 Å². The molecular weight excluding hydrogens is 418 g/mol. The van der Waals surface area contributed by atoms with Crippen molar-refractivity contribution >= 4 is 17.3 Å². The molecule has 1 atom stereocenters. The van der Waals surface area contributed by atoms with Crippen molar-refractivity contribution in [2.24, 2.45) is 0 Å². The van der Waals surface area contributed by atoms with Crippen molar-refractivity contribution in [2.45, 2.75) is 25.6 Å². The Morgan fingerprint density at radius 3 is 2.39 bits per heavy atom. The lowest BCUT2D eigenvalue weighted by atomic mass is 9.78. The van der Waals surface area contributed by atoms with E-state index < -0.39 is 11.6 Å². The third-order valence-electron chi connectivity index (χ3n) is 5.99. The van der Waals surface area contributed by atoms with Gasteiger partial charge in [0.1, 0.15) is 17.2 Å². The fourth-order valence-corrected chi connectivity index (χ4v) is 4.53. The van der Waals surface area contributed by atoms with Crippen LogP contribution in [0.1, 0.15) is 41.0 Å². The van der Waals surface area contributed by atoms with Crippen LogP contribution < -0.4 is 19.3 Å². The summed E-state index contributed by atoms with van der Waals surface area (Å²) in [6.45, 7) is 3.97. The van der Waals surface area contributed by atoms with Crippen LogP contribution in [0, 0.1) is 0 Å². The summed E-state index contributed by atoms with van der Waals surface area (Å²) in [5, 5.41) is 0. The average Bonchev–Trinajstić information content (AvgIpc) is 3.06. The van der Waals surface area contributed by atoms with E-state index in [-0.39, 0.29) is 6.10 Å². The summed E-state index contributed by atoms with van der Waals surface area (Å²) in [7, 11) is 7.87. The van der Waals surface area contributed by atoms with E-state index in [1.807, 2.05) is 94.3 Å². The van der Waals surface area contributed by atoms with E-state index in [2.05, 4.69) is 4.98 Å². The van der Waals surface area contributed by atoms with Crippen LogP contribution >= 0.6 is 0 Å². The fraction of sp³-hybridized carbons (Fsp3) is 0.308. The zero-order chi connectivity index (χ0) is 23.5. The summed E-state index contributed by atoms with van der Waals surface area (Å²) in [5.41, 5.74) is 3.18. The quantitative estimate of drug-likeness (QED) is 0.545. The number of benzene rings is 2. The van der Waals surface area contributed by atoms with Gasteiger partial charge in [0.25, 0.3) is 0 Å². The Labute approximate surface area is 193 Å². The number of esters is 1. The first-order valence-corrected chi connectivity index (χ1v) is 10.9. The second-order valence-corrected chi connectivity index (χ2v) is 9.02. The number of carbonyl (C=O) groups excluding carboxylic acids is 1. The van der Waals surface area contributed by atoms with Crippen LogP contribution in [0.15, 0.2) is 48.7 Å². The van der Waals surface area contributed by atoms with Crippen molar-refractivity contribution in [1.29, 1.82) is 0 Å². The molecule has 1 unspecified atom stereocenters. The number of nitrogens with zero attached hydrogens (tertiary/aromatic N) is 3. The van der Waals surface area contributed by atoms with Crippen molar-refractivity contribution in [3.8, 4) is 17.2 Å². The van der Waals surface area contributed by atoms with E-state index in [9.17, 15) is 4.79 Å². The molecule has 7 nitrogen and oxygen atoms in total. The maximum absolute atomic E-state index is 13.0. The summed E-state index contributed by atoms with van der Waals surface area (Å²) >= 11 is 0. The first-order chi connectivity index (χ1) is 15.7. The summed E-state index contributed by atoms with van der Waals surface area (Å²) in [5.74, 6) is 1.49. The highest BCUT2D eigenvalue weighted by Crippen LogP contribution is 2.57. The molecule has 0 saturated heterocycles. The predicted octanol–water partition coefficient (Wildman–Crippen LogP) is 4.57. The van der Waals surface area contributed by atoms with Crippen molar-refractivity contribution in [3.05, 3.63) is 71.0 Å². The molecule has 33 heavy (non-hydrogen) atoms. The number of aromatic nitrogens is 1. The maximum atomic E-state index is 13.0. The van der Waals surface area contributed by atoms with Crippen LogP contribution in [0.3, 0.4) is 0 Å². The van der Waals surface area contributed by atoms with Gasteiger partial charge in [0.15, 0.2) is 11.3 Å². The highest BCUT2D eigenvalue weighted by Gasteiger charge is 2.54. The Balaban J connectivity index is 1.84. The molecule has 0 saturated carbocycles. The van der Waals surface area contributed by atoms with Crippen LogP contribution in [0.5, 0.6) is 17.2 Å². The van der Waals surface area contributed by atoms with Crippen molar-refractivity contribution in [2.75, 3.05) is 38.0 Å². The molecule has 0 bridgehead atoms. The van der Waals surface area contributed by atoms with Gasteiger partial charge in [-0.15, -0.1) is 0 Å². The number of carbonyl (C=O) groups is 1. The molecule has 0 fully saturated rings. The number of fused-ring (bicyclic) bond motifs is 6. The SMILES string of the molecule is CC(C)Oc1cc2c(cc1N(C)C)Oc1cc(N(C)C)ccc1C21OC(=O)c2ncccc21. The zero-order valence-electron chi connectivity index (χ0n) is 19.7. The third-order valence-corrected chi connectivity index (χ3v) is 5.99. The molecule has 5 rings (SSSR count). The first-order valence-electron chi connectivity index (χ1n) is 10.9. The van der Waals surface area contributed by atoms with Gasteiger partial charge in [-0.25, -0.2) is 9.78 Å². The second-order valence-electron chi connectivity index (χ2n) is 9.02. The normalized spacial score (nSPS) is 17.7. The minimum absolute atomic E-state index is 0.0303. The number of hydrogen-bond acceptors (Lipinski definition) is 7. The van der Waals surface area contributed by atoms with Crippen molar-refractivity contribution in [3.63, 3.8) is 0 Å². The molecule has 1 spiro atoms. The van der Waals surface area contributed by atoms with Crippen LogP contribution in [-0.4, -0.2) is 45.2 Å². The van der Waals surface area contributed by atoms with Crippen LogP contribution in [0.4, 0.5) is 11.4 Å². The largest absolute Gasteiger partial charge is 0.489 e. The minimum atomic E-state index is -1.17. The number of pyridine rings is 1. The molecule has 0 aliphatic carbocycles. The smallest absolute Gasteiger partial charge is 0.358 e. The molecule has 3 heterocycles. The lowest BCUT2D eigenvalue weighted by Crippen LogP contribution is -2.33. The third kappa shape index (κ3) is 3.10. The Morgan fingerprint density at radius 2 is 1.70 bits per heavy atom. The minimum Gasteiger partial charge on any atom is -0.489 e. The van der Waals surface area contributed by atoms with Gasteiger partial charge >= 0.3 is 5.97 Å². The monoisotopic (exact) mass is 445 g/mol. The van der Waals surface area contributed by atoms with E-state index in [1.54, 1.807) is 6.20 Å². The van der Waals surface area contributed by atoms with Crippen LogP contribution in [0.25, 0.3) is 0 Å². The molecule has 0 radical (unpaired) electrons. The average molecular weight is 446 g/mol. The number of hydrogen-bond donors (Lipinski definition) is 0. The predicted molar refractivity (Wildman–Crippen MR) is 127 cm³/mol. The maximum Gasteiger partial charge on any atom is 0.358 e. The van der Waals surface area contributed by atoms with Gasteiger partial charge in [-0.1, -0.05) is 6.07 Å². The summed E-state index contributed by atoms with van der Waals surface area (Å²) in [4.78, 5) is 21.3. The van der Waals surface area contributed by atoms with Gasteiger partial charge in [0, 0.05) is 63.3 Å². The van der Waals surface area contributed by atoms with Gasteiger partial charge in [-0.3, -0.25) is 0 Å². The second kappa shape index (κ2) is 7.40. The molecular formula is C26H27N3O4. The number of anilines is 2. The summed E-state index contributed by atoms with van der Waals surface area (Å²) in [6.07, 6.45) is 1.58. The number of ether oxygens (including phenoxy) is 3. The van der Waals surface area contributed by atoms with E-state index in [1.165, 1.54) is 0 Å². The first kappa shape index (κ1) is 21.1. The molecule has 170 valence electrons. The van der Waals surface area contributed by atoms with Crippen molar-refractivity contribution < 1.29 is 19.0 Å². The molecule has 3 aromatic rings. The molecule has 2 aromatic carbocycles. The molecule has 0 amide bonds. The van der Waals surface area contributed by atoms with E-state index >= 15 is 0 Å². The van der Waals surface area contributed by atoms with Crippen molar-refractivity contribution in [1.82, 2.24) is 4.98 Å². The highest BCUT2D eigenvalue weighted by atomic mass is 16.6. The van der Waals surface area contributed by atoms with Gasteiger partial charge in [-0.05, 0) is 38.1 Å². The van der Waals surface area contributed by atoms with Gasteiger partial charge in [-0.2, -0.15) is 0 Å². The van der Waals surface area contributed by atoms with Crippen LogP contribution in [-0.2, 0) is 10.3 Å². The highest BCUT2D eigenvalue weighted by molar-refractivity contribution is 5.95. The molecule has 2 aliphatic rings. The van der Waals surface area contributed by atoms with E-state index in [4.69, 9.17) is 14.2 Å². The molecule has 1 aromatic heterocycles.